The van der Waals surface area contributed by atoms with Crippen molar-refractivity contribution in [2.75, 3.05) is 12.4 Å². The Kier molecular flexibility index (Phi) is 9.02. The number of thioether (sulfide) groups is 1. The lowest BCUT2D eigenvalue weighted by atomic mass is 10.1. The molecule has 9 nitrogen and oxygen atoms in total. The number of hydrogen-bond acceptors (Lipinski definition) is 7. The molecule has 10 heteroatoms. The van der Waals surface area contributed by atoms with Crippen LogP contribution in [0.25, 0.3) is 0 Å². The SMILES string of the molecule is CCc1ccc(NC(=O)C(CC)SC2=Nc3ccccc3C3=NC(=O)C(CC(=O)NCc4ccccc4OC)N23)cc1. The zero-order chi connectivity index (χ0) is 29.6. The Labute approximate surface area is 249 Å². The third kappa shape index (κ3) is 6.23. The molecular formula is C32H33N5O4S. The van der Waals surface area contributed by atoms with Gasteiger partial charge in [-0.2, -0.15) is 4.99 Å². The molecule has 0 bridgehead atoms. The number of rotatable bonds is 10. The molecule has 0 fully saturated rings. The molecule has 216 valence electrons. The zero-order valence-corrected chi connectivity index (χ0v) is 24.6. The van der Waals surface area contributed by atoms with Crippen LogP contribution in [0.15, 0.2) is 82.8 Å². The number of carbonyl (C=O) groups excluding carboxylic acids is 3. The molecule has 0 spiro atoms. The van der Waals surface area contributed by atoms with Crippen LogP contribution < -0.4 is 15.4 Å². The summed E-state index contributed by atoms with van der Waals surface area (Å²) < 4.78 is 5.38. The van der Waals surface area contributed by atoms with Gasteiger partial charge in [0.2, 0.25) is 11.8 Å². The molecule has 2 heterocycles. The van der Waals surface area contributed by atoms with Crippen LogP contribution in [-0.4, -0.2) is 52.0 Å². The number of amidine groups is 2. The molecule has 5 rings (SSSR count). The molecule has 2 aliphatic heterocycles. The standard InChI is InChI=1S/C32H33N5O4S/c1-4-20-14-16-22(17-15-20)34-31(40)27(5-2)42-32-35-24-12-8-7-11-23(24)29-36-30(39)25(37(29)32)18-28(38)33-19-21-10-6-9-13-26(21)41-3/h6-17,25,27H,4-5,18-19H2,1-3H3,(H,33,38)(H,34,40). The maximum atomic E-state index is 13.3. The van der Waals surface area contributed by atoms with Crippen LogP contribution in [0.1, 0.15) is 43.4 Å². The van der Waals surface area contributed by atoms with E-state index in [1.54, 1.807) is 12.0 Å². The third-order valence-electron chi connectivity index (χ3n) is 7.20. The van der Waals surface area contributed by atoms with E-state index in [9.17, 15) is 14.4 Å². The summed E-state index contributed by atoms with van der Waals surface area (Å²) in [4.78, 5) is 50.5. The van der Waals surface area contributed by atoms with Gasteiger partial charge in [-0.25, -0.2) is 4.99 Å². The summed E-state index contributed by atoms with van der Waals surface area (Å²) >= 11 is 1.27. The van der Waals surface area contributed by atoms with Crippen molar-refractivity contribution in [2.45, 2.75) is 50.9 Å². The van der Waals surface area contributed by atoms with Crippen molar-refractivity contribution >= 4 is 51.9 Å². The number of benzene rings is 3. The fourth-order valence-corrected chi connectivity index (χ4v) is 5.94. The lowest BCUT2D eigenvalue weighted by molar-refractivity contribution is -0.126. The number of aryl methyl sites for hydroxylation is 1. The van der Waals surface area contributed by atoms with Crippen molar-refractivity contribution in [3.8, 4) is 5.75 Å². The van der Waals surface area contributed by atoms with Crippen LogP contribution in [-0.2, 0) is 27.3 Å². The number of fused-ring (bicyclic) bond motifs is 3. The highest BCUT2D eigenvalue weighted by molar-refractivity contribution is 8.15. The van der Waals surface area contributed by atoms with Crippen LogP contribution in [0, 0.1) is 0 Å². The van der Waals surface area contributed by atoms with Crippen LogP contribution >= 0.6 is 11.8 Å². The Balaban J connectivity index is 1.35. The largest absolute Gasteiger partial charge is 0.496 e. The van der Waals surface area contributed by atoms with Gasteiger partial charge in [0.1, 0.15) is 17.6 Å². The monoisotopic (exact) mass is 583 g/mol. The average Bonchev–Trinajstić information content (AvgIpc) is 3.34. The van der Waals surface area contributed by atoms with E-state index in [0.29, 0.717) is 34.4 Å². The minimum atomic E-state index is -0.876. The van der Waals surface area contributed by atoms with Crippen molar-refractivity contribution in [3.05, 3.63) is 89.5 Å². The van der Waals surface area contributed by atoms with Gasteiger partial charge in [0, 0.05) is 23.4 Å². The fourth-order valence-electron chi connectivity index (χ4n) is 4.87. The number of nitrogens with zero attached hydrogens (tertiary/aromatic N) is 3. The van der Waals surface area contributed by atoms with E-state index < -0.39 is 17.2 Å². The Morgan fingerprint density at radius 1 is 1.00 bits per heavy atom. The van der Waals surface area contributed by atoms with Gasteiger partial charge in [0.05, 0.1) is 24.5 Å². The van der Waals surface area contributed by atoms with E-state index in [1.807, 2.05) is 79.7 Å². The molecule has 0 aliphatic carbocycles. The van der Waals surface area contributed by atoms with Crippen LogP contribution in [0.4, 0.5) is 11.4 Å². The summed E-state index contributed by atoms with van der Waals surface area (Å²) in [6.07, 6.45) is 1.33. The van der Waals surface area contributed by atoms with Crippen molar-refractivity contribution < 1.29 is 19.1 Å². The number of hydrogen-bond donors (Lipinski definition) is 2. The number of para-hydroxylation sites is 2. The molecule has 2 atom stereocenters. The lowest BCUT2D eigenvalue weighted by Gasteiger charge is -2.32. The molecule has 2 unspecified atom stereocenters. The highest BCUT2D eigenvalue weighted by Gasteiger charge is 2.43. The number of nitrogens with one attached hydrogen (secondary N) is 2. The average molecular weight is 584 g/mol. The highest BCUT2D eigenvalue weighted by Crippen LogP contribution is 2.36. The quantitative estimate of drug-likeness (QED) is 0.345. The van der Waals surface area contributed by atoms with Gasteiger partial charge in [-0.15, -0.1) is 0 Å². The van der Waals surface area contributed by atoms with E-state index in [-0.39, 0.29) is 24.8 Å². The molecule has 0 aromatic heterocycles. The molecule has 3 amide bonds. The summed E-state index contributed by atoms with van der Waals surface area (Å²) in [5.41, 5.74) is 4.10. The second-order valence-corrected chi connectivity index (χ2v) is 11.1. The Bertz CT molecular complexity index is 1550. The summed E-state index contributed by atoms with van der Waals surface area (Å²) in [6.45, 7) is 4.27. The number of amides is 3. The zero-order valence-electron chi connectivity index (χ0n) is 23.8. The highest BCUT2D eigenvalue weighted by atomic mass is 32.2. The van der Waals surface area contributed by atoms with E-state index >= 15 is 0 Å². The first kappa shape index (κ1) is 29.1. The minimum Gasteiger partial charge on any atom is -0.496 e. The molecule has 2 N–H and O–H groups in total. The van der Waals surface area contributed by atoms with Gasteiger partial charge < -0.3 is 15.4 Å². The summed E-state index contributed by atoms with van der Waals surface area (Å²) in [6, 6.07) is 21.8. The smallest absolute Gasteiger partial charge is 0.271 e. The van der Waals surface area contributed by atoms with Gasteiger partial charge in [-0.05, 0) is 48.7 Å². The van der Waals surface area contributed by atoms with Crippen molar-refractivity contribution in [1.29, 1.82) is 0 Å². The maximum Gasteiger partial charge on any atom is 0.271 e. The normalized spacial score (nSPS) is 16.1. The first-order chi connectivity index (χ1) is 20.4. The molecule has 0 saturated carbocycles. The first-order valence-electron chi connectivity index (χ1n) is 14.0. The van der Waals surface area contributed by atoms with Crippen LogP contribution in [0.3, 0.4) is 0 Å². The molecule has 42 heavy (non-hydrogen) atoms. The van der Waals surface area contributed by atoms with E-state index in [1.165, 1.54) is 17.3 Å². The van der Waals surface area contributed by atoms with E-state index in [0.717, 1.165) is 17.7 Å². The minimum absolute atomic E-state index is 0.116. The van der Waals surface area contributed by atoms with E-state index in [2.05, 4.69) is 22.5 Å². The van der Waals surface area contributed by atoms with Gasteiger partial charge in [-0.3, -0.25) is 19.3 Å². The van der Waals surface area contributed by atoms with Gasteiger partial charge in [0.15, 0.2) is 5.17 Å². The van der Waals surface area contributed by atoms with Crippen LogP contribution in [0.5, 0.6) is 5.75 Å². The van der Waals surface area contributed by atoms with Gasteiger partial charge in [-0.1, -0.05) is 68.1 Å². The second kappa shape index (κ2) is 13.0. The number of ether oxygens (including phenoxy) is 1. The van der Waals surface area contributed by atoms with Gasteiger partial charge in [0.25, 0.3) is 5.91 Å². The van der Waals surface area contributed by atoms with Gasteiger partial charge >= 0.3 is 0 Å². The predicted molar refractivity (Wildman–Crippen MR) is 166 cm³/mol. The Morgan fingerprint density at radius 3 is 2.48 bits per heavy atom. The van der Waals surface area contributed by atoms with Crippen molar-refractivity contribution in [2.24, 2.45) is 9.98 Å². The summed E-state index contributed by atoms with van der Waals surface area (Å²) in [5.74, 6) is 0.226. The number of anilines is 1. The molecule has 0 radical (unpaired) electrons. The number of carbonyl (C=O) groups is 3. The van der Waals surface area contributed by atoms with Crippen molar-refractivity contribution in [3.63, 3.8) is 0 Å². The molecule has 3 aromatic carbocycles. The van der Waals surface area contributed by atoms with E-state index in [4.69, 9.17) is 9.73 Å². The molecule has 2 aliphatic rings. The van der Waals surface area contributed by atoms with Crippen molar-refractivity contribution in [1.82, 2.24) is 10.2 Å². The number of aliphatic imine (C=N–C) groups is 2. The molecular weight excluding hydrogens is 550 g/mol. The Hall–Kier alpha value is -4.44. The fraction of sp³-hybridized carbons (Fsp3) is 0.281. The summed E-state index contributed by atoms with van der Waals surface area (Å²) in [5, 5.41) is 5.87. The molecule has 3 aromatic rings. The third-order valence-corrected chi connectivity index (χ3v) is 8.53. The second-order valence-electron chi connectivity index (χ2n) is 9.92. The number of methoxy groups -OCH3 is 1. The maximum absolute atomic E-state index is 13.3. The Morgan fingerprint density at radius 2 is 1.74 bits per heavy atom. The lowest BCUT2D eigenvalue weighted by Crippen LogP contribution is -2.46. The first-order valence-corrected chi connectivity index (χ1v) is 14.8. The molecule has 0 saturated heterocycles. The predicted octanol–water partition coefficient (Wildman–Crippen LogP) is 5.07. The summed E-state index contributed by atoms with van der Waals surface area (Å²) in [7, 11) is 1.58. The topological polar surface area (TPSA) is 112 Å². The van der Waals surface area contributed by atoms with Crippen LogP contribution in [0.2, 0.25) is 0 Å².